The molecule has 1 fully saturated rings. The first-order chi connectivity index (χ1) is 4.74. The largest absolute Gasteiger partial charge is 0.315 e. The molecule has 0 aliphatic carbocycles. The lowest BCUT2D eigenvalue weighted by atomic mass is 10.1. The van der Waals surface area contributed by atoms with E-state index in [0.717, 1.165) is 0 Å². The second-order valence-electron chi connectivity index (χ2n) is 2.31. The van der Waals surface area contributed by atoms with Crippen molar-refractivity contribution >= 4 is 0 Å². The molecular formula is C5H11N5. The van der Waals surface area contributed by atoms with E-state index in [1.54, 1.807) is 0 Å². The zero-order chi connectivity index (χ0) is 7.56. The van der Waals surface area contributed by atoms with E-state index in [-0.39, 0.29) is 18.4 Å². The third-order valence-electron chi connectivity index (χ3n) is 1.53. The highest BCUT2D eigenvalue weighted by atomic mass is 15.3. The van der Waals surface area contributed by atoms with E-state index in [1.807, 2.05) is 0 Å². The molecule has 0 radical (unpaired) electrons. The van der Waals surface area contributed by atoms with Gasteiger partial charge >= 0.3 is 0 Å². The smallest absolute Gasteiger partial charge is 0.110 e. The van der Waals surface area contributed by atoms with Gasteiger partial charge in [-0.05, 0) is 0 Å². The second-order valence-corrected chi connectivity index (χ2v) is 2.31. The van der Waals surface area contributed by atoms with Crippen molar-refractivity contribution in [3.63, 3.8) is 0 Å². The molecule has 1 rings (SSSR count). The summed E-state index contributed by atoms with van der Waals surface area (Å²) < 4.78 is 0. The van der Waals surface area contributed by atoms with Gasteiger partial charge in [-0.3, -0.25) is 10.6 Å². The van der Waals surface area contributed by atoms with Gasteiger partial charge in [0.25, 0.3) is 0 Å². The Balaban J connectivity index is 2.45. The Hall–Kier alpha value is -0.670. The van der Waals surface area contributed by atoms with Crippen molar-refractivity contribution in [3.8, 4) is 6.07 Å². The molecule has 0 bridgehead atoms. The summed E-state index contributed by atoms with van der Waals surface area (Å²) in [6.45, 7) is 0.561. The third-order valence-corrected chi connectivity index (χ3v) is 1.53. The molecule has 1 aliphatic rings. The maximum Gasteiger partial charge on any atom is 0.110 e. The van der Waals surface area contributed by atoms with Crippen LogP contribution in [0.25, 0.3) is 0 Å². The van der Waals surface area contributed by atoms with Gasteiger partial charge in [-0.15, -0.1) is 0 Å². The van der Waals surface area contributed by atoms with Crippen LogP contribution in [0, 0.1) is 17.2 Å². The molecule has 0 amide bonds. The molecule has 5 heteroatoms. The molecule has 5 nitrogen and oxygen atoms in total. The molecule has 10 heavy (non-hydrogen) atoms. The minimum Gasteiger partial charge on any atom is -0.315 e. The Morgan fingerprint density at radius 3 is 2.70 bits per heavy atom. The van der Waals surface area contributed by atoms with Crippen LogP contribution in [-0.2, 0) is 0 Å². The fraction of sp³-hybridized carbons (Fsp3) is 0.800. The lowest BCUT2D eigenvalue weighted by Crippen LogP contribution is -2.65. The van der Waals surface area contributed by atoms with Crippen molar-refractivity contribution in [1.29, 1.82) is 5.26 Å². The van der Waals surface area contributed by atoms with Crippen LogP contribution >= 0.6 is 0 Å². The number of nitrogens with one attached hydrogen (secondary N) is 2. The summed E-state index contributed by atoms with van der Waals surface area (Å²) in [5, 5.41) is 14.2. The highest BCUT2D eigenvalue weighted by Crippen LogP contribution is 1.99. The number of nitriles is 1. The van der Waals surface area contributed by atoms with Crippen molar-refractivity contribution in [3.05, 3.63) is 0 Å². The van der Waals surface area contributed by atoms with Gasteiger partial charge in [0.05, 0.1) is 18.2 Å². The van der Waals surface area contributed by atoms with Crippen molar-refractivity contribution in [2.75, 3.05) is 6.54 Å². The van der Waals surface area contributed by atoms with E-state index in [1.165, 1.54) is 0 Å². The van der Waals surface area contributed by atoms with Gasteiger partial charge < -0.3 is 11.5 Å². The minimum absolute atomic E-state index is 0.181. The number of nitrogens with zero attached hydrogens (tertiary/aromatic N) is 1. The zero-order valence-corrected chi connectivity index (χ0v) is 5.54. The normalized spacial score (nSPS) is 40.7. The van der Waals surface area contributed by atoms with Crippen molar-refractivity contribution in [1.82, 2.24) is 10.6 Å². The minimum atomic E-state index is -0.304. The lowest BCUT2D eigenvalue weighted by Gasteiger charge is -2.30. The SMILES string of the molecule is N#C[C@H]1CN[C@@H](N)N[C@@H]1N. The molecule has 3 atom stereocenters. The van der Waals surface area contributed by atoms with Crippen LogP contribution in [0.1, 0.15) is 0 Å². The number of rotatable bonds is 0. The predicted octanol–water partition coefficient (Wildman–Crippen LogP) is -2.15. The van der Waals surface area contributed by atoms with Crippen LogP contribution in [0.3, 0.4) is 0 Å². The van der Waals surface area contributed by atoms with E-state index < -0.39 is 0 Å². The van der Waals surface area contributed by atoms with E-state index in [0.29, 0.717) is 6.54 Å². The Kier molecular flexibility index (Phi) is 2.19. The van der Waals surface area contributed by atoms with Crippen molar-refractivity contribution < 1.29 is 0 Å². The fourth-order valence-electron chi connectivity index (χ4n) is 0.889. The Morgan fingerprint density at radius 1 is 1.50 bits per heavy atom. The Bertz CT molecular complexity index is 151. The molecule has 0 aromatic carbocycles. The monoisotopic (exact) mass is 141 g/mol. The standard InChI is InChI=1S/C5H11N5/c6-1-3-2-9-5(8)10-4(3)7/h3-5,9-10H,2,7-8H2/t3-,4-,5+/m0/s1. The molecule has 0 aromatic heterocycles. The van der Waals surface area contributed by atoms with Crippen LogP contribution in [-0.4, -0.2) is 19.0 Å². The first-order valence-electron chi connectivity index (χ1n) is 3.14. The van der Waals surface area contributed by atoms with Gasteiger partial charge in [-0.25, -0.2) is 0 Å². The molecular weight excluding hydrogens is 130 g/mol. The van der Waals surface area contributed by atoms with Gasteiger partial charge in [0.15, 0.2) is 0 Å². The molecule has 0 spiro atoms. The summed E-state index contributed by atoms with van der Waals surface area (Å²) in [7, 11) is 0. The zero-order valence-electron chi connectivity index (χ0n) is 5.54. The third kappa shape index (κ3) is 1.43. The summed E-state index contributed by atoms with van der Waals surface area (Å²) in [5.74, 6) is -0.181. The lowest BCUT2D eigenvalue weighted by molar-refractivity contribution is 0.265. The molecule has 0 saturated carbocycles. The topological polar surface area (TPSA) is 99.9 Å². The predicted molar refractivity (Wildman–Crippen MR) is 36.2 cm³/mol. The fourth-order valence-corrected chi connectivity index (χ4v) is 0.889. The van der Waals surface area contributed by atoms with Gasteiger partial charge in [0.1, 0.15) is 6.29 Å². The molecule has 1 heterocycles. The average molecular weight is 141 g/mol. The van der Waals surface area contributed by atoms with Crippen LogP contribution < -0.4 is 22.1 Å². The molecule has 0 aromatic rings. The summed E-state index contributed by atoms with van der Waals surface area (Å²) in [5.41, 5.74) is 11.0. The highest BCUT2D eigenvalue weighted by molar-refractivity contribution is 4.94. The first kappa shape index (κ1) is 7.44. The van der Waals surface area contributed by atoms with Crippen molar-refractivity contribution in [2.45, 2.75) is 12.5 Å². The molecule has 1 aliphatic heterocycles. The van der Waals surface area contributed by atoms with E-state index in [9.17, 15) is 0 Å². The van der Waals surface area contributed by atoms with Crippen LogP contribution in [0.5, 0.6) is 0 Å². The molecule has 56 valence electrons. The summed E-state index contributed by atoms with van der Waals surface area (Å²) >= 11 is 0. The molecule has 6 N–H and O–H groups in total. The molecule has 1 saturated heterocycles. The Labute approximate surface area is 59.4 Å². The maximum atomic E-state index is 8.50. The van der Waals surface area contributed by atoms with Crippen LogP contribution in [0.15, 0.2) is 0 Å². The van der Waals surface area contributed by atoms with Crippen molar-refractivity contribution in [2.24, 2.45) is 17.4 Å². The van der Waals surface area contributed by atoms with E-state index in [2.05, 4.69) is 16.7 Å². The van der Waals surface area contributed by atoms with Crippen LogP contribution in [0.2, 0.25) is 0 Å². The average Bonchev–Trinajstić information content (AvgIpc) is 1.88. The Morgan fingerprint density at radius 2 is 2.20 bits per heavy atom. The number of nitrogens with two attached hydrogens (primary N) is 2. The van der Waals surface area contributed by atoms with Gasteiger partial charge in [0.2, 0.25) is 0 Å². The summed E-state index contributed by atoms with van der Waals surface area (Å²) in [6.07, 6.45) is -0.583. The second kappa shape index (κ2) is 2.94. The van der Waals surface area contributed by atoms with E-state index >= 15 is 0 Å². The molecule has 0 unspecified atom stereocenters. The maximum absolute atomic E-state index is 8.50. The van der Waals surface area contributed by atoms with Gasteiger partial charge in [-0.1, -0.05) is 0 Å². The quantitative estimate of drug-likeness (QED) is 0.308. The van der Waals surface area contributed by atoms with E-state index in [4.69, 9.17) is 16.7 Å². The van der Waals surface area contributed by atoms with Gasteiger partial charge in [-0.2, -0.15) is 5.26 Å². The van der Waals surface area contributed by atoms with Crippen LogP contribution in [0.4, 0.5) is 0 Å². The van der Waals surface area contributed by atoms with Gasteiger partial charge in [0, 0.05) is 6.54 Å². The summed E-state index contributed by atoms with van der Waals surface area (Å²) in [6, 6.07) is 2.07. The summed E-state index contributed by atoms with van der Waals surface area (Å²) in [4.78, 5) is 0. The highest BCUT2D eigenvalue weighted by Gasteiger charge is 2.23. The number of hydrogen-bond donors (Lipinski definition) is 4. The first-order valence-corrected chi connectivity index (χ1v) is 3.14. The number of hydrogen-bond acceptors (Lipinski definition) is 5.